The lowest BCUT2D eigenvalue weighted by atomic mass is 10.2. The van der Waals surface area contributed by atoms with Gasteiger partial charge in [0.25, 0.3) is 0 Å². The van der Waals surface area contributed by atoms with E-state index in [0.717, 1.165) is 11.5 Å². The van der Waals surface area contributed by atoms with Crippen LogP contribution in [0, 0.1) is 11.6 Å². The molecule has 0 radical (unpaired) electrons. The fourth-order valence-electron chi connectivity index (χ4n) is 1.36. The van der Waals surface area contributed by atoms with E-state index < -0.39 is 11.6 Å². The van der Waals surface area contributed by atoms with Crippen molar-refractivity contribution in [3.05, 3.63) is 33.8 Å². The highest BCUT2D eigenvalue weighted by molar-refractivity contribution is 9.10. The van der Waals surface area contributed by atoms with Crippen LogP contribution < -0.4 is 5.32 Å². The second-order valence-corrected chi connectivity index (χ2v) is 5.94. The number of hydrogen-bond acceptors (Lipinski definition) is 2. The third-order valence-corrected chi connectivity index (χ3v) is 4.09. The first kappa shape index (κ1) is 14.9. The maximum Gasteiger partial charge on any atom is 0.144 e. The number of nitrogens with one attached hydrogen (secondary N) is 1. The number of benzene rings is 1. The molecule has 1 rings (SSSR count). The zero-order chi connectivity index (χ0) is 12.8. The van der Waals surface area contributed by atoms with Crippen molar-refractivity contribution in [1.82, 2.24) is 5.32 Å². The summed E-state index contributed by atoms with van der Waals surface area (Å²) in [6.45, 7) is 4.31. The fraction of sp³-hybridized carbons (Fsp3) is 0.500. The molecule has 0 aromatic heterocycles. The predicted octanol–water partition coefficient (Wildman–Crippen LogP) is 3.96. The molecule has 0 aliphatic rings. The van der Waals surface area contributed by atoms with Crippen LogP contribution in [0.3, 0.4) is 0 Å². The van der Waals surface area contributed by atoms with Crippen LogP contribution in [-0.2, 0) is 6.54 Å². The third-order valence-electron chi connectivity index (χ3n) is 2.34. The third kappa shape index (κ3) is 4.56. The van der Waals surface area contributed by atoms with Gasteiger partial charge in [-0.05, 0) is 40.7 Å². The van der Waals surface area contributed by atoms with E-state index in [-0.39, 0.29) is 18.2 Å². The molecule has 0 spiro atoms. The molecular formula is C12H16BrF2NS. The molecule has 1 atom stereocenters. The summed E-state index contributed by atoms with van der Waals surface area (Å²) in [6, 6.07) is 2.89. The van der Waals surface area contributed by atoms with Crippen molar-refractivity contribution >= 4 is 27.7 Å². The lowest BCUT2D eigenvalue weighted by molar-refractivity contribution is 0.514. The lowest BCUT2D eigenvalue weighted by Crippen LogP contribution is -2.28. The zero-order valence-electron chi connectivity index (χ0n) is 9.90. The summed E-state index contributed by atoms with van der Waals surface area (Å²) < 4.78 is 27.4. The van der Waals surface area contributed by atoms with Gasteiger partial charge in [-0.25, -0.2) is 8.78 Å². The van der Waals surface area contributed by atoms with Gasteiger partial charge >= 0.3 is 0 Å². The number of rotatable bonds is 6. The standard InChI is InChI=1S/C12H16BrF2NS/c1-3-17-7-8(2)16-6-9-11(14)5-4-10(13)12(9)15/h4-5,8,16H,3,6-7H2,1-2H3. The van der Waals surface area contributed by atoms with Gasteiger partial charge in [-0.3, -0.25) is 0 Å². The molecule has 0 fully saturated rings. The summed E-state index contributed by atoms with van der Waals surface area (Å²) in [5.74, 6) is 0.959. The molecule has 0 saturated heterocycles. The van der Waals surface area contributed by atoms with Crippen LogP contribution in [0.2, 0.25) is 0 Å². The maximum absolute atomic E-state index is 13.6. The van der Waals surface area contributed by atoms with Gasteiger partial charge in [-0.2, -0.15) is 11.8 Å². The van der Waals surface area contributed by atoms with Crippen molar-refractivity contribution in [3.63, 3.8) is 0 Å². The first-order valence-electron chi connectivity index (χ1n) is 5.49. The molecule has 0 heterocycles. The first-order chi connectivity index (χ1) is 8.06. The SMILES string of the molecule is CCSCC(C)NCc1c(F)ccc(Br)c1F. The quantitative estimate of drug-likeness (QED) is 0.795. The van der Waals surface area contributed by atoms with Gasteiger partial charge in [-0.1, -0.05) is 6.92 Å². The summed E-state index contributed by atoms with van der Waals surface area (Å²) in [7, 11) is 0. The maximum atomic E-state index is 13.6. The highest BCUT2D eigenvalue weighted by Gasteiger charge is 2.12. The van der Waals surface area contributed by atoms with Gasteiger partial charge < -0.3 is 5.32 Å². The smallest absolute Gasteiger partial charge is 0.144 e. The Morgan fingerprint density at radius 2 is 2.12 bits per heavy atom. The summed E-state index contributed by atoms with van der Waals surface area (Å²) >= 11 is 4.86. The fourth-order valence-corrected chi connectivity index (χ4v) is 2.44. The van der Waals surface area contributed by atoms with Crippen molar-refractivity contribution in [3.8, 4) is 0 Å². The van der Waals surface area contributed by atoms with Crippen LogP contribution in [0.1, 0.15) is 19.4 Å². The molecule has 0 aliphatic carbocycles. The van der Waals surface area contributed by atoms with Crippen LogP contribution in [0.5, 0.6) is 0 Å². The van der Waals surface area contributed by atoms with E-state index in [2.05, 4.69) is 28.2 Å². The van der Waals surface area contributed by atoms with Crippen LogP contribution in [-0.4, -0.2) is 17.5 Å². The van der Waals surface area contributed by atoms with E-state index in [1.54, 1.807) is 11.8 Å². The van der Waals surface area contributed by atoms with E-state index >= 15 is 0 Å². The Balaban J connectivity index is 2.60. The van der Waals surface area contributed by atoms with Crippen LogP contribution in [0.4, 0.5) is 8.78 Å². The second kappa shape index (κ2) is 7.34. The lowest BCUT2D eigenvalue weighted by Gasteiger charge is -2.14. The number of thioether (sulfide) groups is 1. The van der Waals surface area contributed by atoms with Crippen molar-refractivity contribution in [2.75, 3.05) is 11.5 Å². The Hall–Kier alpha value is -0.130. The first-order valence-corrected chi connectivity index (χ1v) is 7.44. The Morgan fingerprint density at radius 1 is 1.41 bits per heavy atom. The Labute approximate surface area is 113 Å². The summed E-state index contributed by atoms with van der Waals surface area (Å²) in [6.07, 6.45) is 0. The monoisotopic (exact) mass is 323 g/mol. The minimum Gasteiger partial charge on any atom is -0.309 e. The molecule has 0 amide bonds. The van der Waals surface area contributed by atoms with E-state index in [0.29, 0.717) is 4.47 Å². The Bertz CT molecular complexity index is 374. The average Bonchev–Trinajstić information content (AvgIpc) is 2.31. The van der Waals surface area contributed by atoms with E-state index in [1.807, 2.05) is 6.92 Å². The summed E-state index contributed by atoms with van der Waals surface area (Å²) in [5, 5.41) is 3.12. The van der Waals surface area contributed by atoms with Gasteiger partial charge in [0.2, 0.25) is 0 Å². The Kier molecular flexibility index (Phi) is 6.44. The highest BCUT2D eigenvalue weighted by Crippen LogP contribution is 2.21. The second-order valence-electron chi connectivity index (χ2n) is 3.76. The molecule has 0 saturated carbocycles. The van der Waals surface area contributed by atoms with Crippen LogP contribution >= 0.6 is 27.7 Å². The van der Waals surface area contributed by atoms with Gasteiger partial charge in [-0.15, -0.1) is 0 Å². The van der Waals surface area contributed by atoms with Gasteiger partial charge in [0.1, 0.15) is 11.6 Å². The molecule has 5 heteroatoms. The van der Waals surface area contributed by atoms with Crippen molar-refractivity contribution in [1.29, 1.82) is 0 Å². The minimum atomic E-state index is -0.521. The molecule has 1 aromatic carbocycles. The van der Waals surface area contributed by atoms with E-state index in [9.17, 15) is 8.78 Å². The molecule has 1 aromatic rings. The van der Waals surface area contributed by atoms with Crippen LogP contribution in [0.25, 0.3) is 0 Å². The van der Waals surface area contributed by atoms with Crippen LogP contribution in [0.15, 0.2) is 16.6 Å². The van der Waals surface area contributed by atoms with Crippen molar-refractivity contribution < 1.29 is 8.78 Å². The predicted molar refractivity (Wildman–Crippen MR) is 73.4 cm³/mol. The zero-order valence-corrected chi connectivity index (χ0v) is 12.3. The van der Waals surface area contributed by atoms with Crippen molar-refractivity contribution in [2.45, 2.75) is 26.4 Å². The highest BCUT2D eigenvalue weighted by atomic mass is 79.9. The summed E-state index contributed by atoms with van der Waals surface area (Å²) in [4.78, 5) is 0. The molecular weight excluding hydrogens is 308 g/mol. The average molecular weight is 324 g/mol. The van der Waals surface area contributed by atoms with Gasteiger partial charge in [0, 0.05) is 23.9 Å². The number of hydrogen-bond donors (Lipinski definition) is 1. The summed E-state index contributed by atoms with van der Waals surface area (Å²) in [5.41, 5.74) is 0.0905. The molecule has 0 aliphatic heterocycles. The molecule has 1 N–H and O–H groups in total. The topological polar surface area (TPSA) is 12.0 Å². The number of halogens is 3. The van der Waals surface area contributed by atoms with E-state index in [4.69, 9.17) is 0 Å². The van der Waals surface area contributed by atoms with Gasteiger partial charge in [0.15, 0.2) is 0 Å². The molecule has 0 bridgehead atoms. The normalized spacial score (nSPS) is 12.8. The minimum absolute atomic E-state index is 0.0905. The van der Waals surface area contributed by atoms with Gasteiger partial charge in [0.05, 0.1) is 4.47 Å². The molecule has 1 nitrogen and oxygen atoms in total. The molecule has 17 heavy (non-hydrogen) atoms. The van der Waals surface area contributed by atoms with Crippen molar-refractivity contribution in [2.24, 2.45) is 0 Å². The molecule has 96 valence electrons. The largest absolute Gasteiger partial charge is 0.309 e. The Morgan fingerprint density at radius 3 is 2.76 bits per heavy atom. The van der Waals surface area contributed by atoms with E-state index in [1.165, 1.54) is 12.1 Å². The molecule has 1 unspecified atom stereocenters.